The molecular formula is C17H31N3O. The van der Waals surface area contributed by atoms with Crippen LogP contribution >= 0.6 is 0 Å². The van der Waals surface area contributed by atoms with E-state index in [4.69, 9.17) is 0 Å². The molecule has 3 fully saturated rings. The first-order valence-electron chi connectivity index (χ1n) is 8.97. The van der Waals surface area contributed by atoms with Gasteiger partial charge in [0.05, 0.1) is 6.04 Å². The van der Waals surface area contributed by atoms with Crippen molar-refractivity contribution in [2.24, 2.45) is 0 Å². The molecule has 3 saturated heterocycles. The number of nitrogens with zero attached hydrogens (tertiary/aromatic N) is 3. The van der Waals surface area contributed by atoms with E-state index >= 15 is 0 Å². The van der Waals surface area contributed by atoms with Crippen molar-refractivity contribution >= 4 is 5.91 Å². The number of carbonyl (C=O) groups is 1. The van der Waals surface area contributed by atoms with Crippen molar-refractivity contribution in [3.63, 3.8) is 0 Å². The zero-order valence-electron chi connectivity index (χ0n) is 13.8. The third-order valence-corrected chi connectivity index (χ3v) is 5.91. The van der Waals surface area contributed by atoms with Crippen LogP contribution in [-0.2, 0) is 4.79 Å². The molecule has 1 amide bonds. The summed E-state index contributed by atoms with van der Waals surface area (Å²) < 4.78 is 0. The van der Waals surface area contributed by atoms with Gasteiger partial charge in [-0.25, -0.2) is 0 Å². The lowest BCUT2D eigenvalue weighted by Crippen LogP contribution is -2.55. The second-order valence-electron chi connectivity index (χ2n) is 7.07. The molecule has 3 heterocycles. The molecule has 0 N–H and O–H groups in total. The van der Waals surface area contributed by atoms with Crippen molar-refractivity contribution in [3.05, 3.63) is 0 Å². The summed E-state index contributed by atoms with van der Waals surface area (Å²) in [6, 6.07) is 1.25. The number of likely N-dealkylation sites (tertiary alicyclic amines) is 3. The number of hydrogen-bond donors (Lipinski definition) is 0. The van der Waals surface area contributed by atoms with Gasteiger partial charge in [0, 0.05) is 18.6 Å². The van der Waals surface area contributed by atoms with E-state index in [1.54, 1.807) is 0 Å². The van der Waals surface area contributed by atoms with Gasteiger partial charge in [-0.2, -0.15) is 0 Å². The van der Waals surface area contributed by atoms with Crippen molar-refractivity contribution in [1.29, 1.82) is 0 Å². The summed E-state index contributed by atoms with van der Waals surface area (Å²) in [6.07, 6.45) is 8.51. The smallest absolute Gasteiger partial charge is 0.240 e. The maximum Gasteiger partial charge on any atom is 0.240 e. The first-order valence-corrected chi connectivity index (χ1v) is 8.97. The fourth-order valence-electron chi connectivity index (χ4n) is 4.73. The minimum absolute atomic E-state index is 0.163. The second-order valence-corrected chi connectivity index (χ2v) is 7.07. The maximum absolute atomic E-state index is 13.1. The van der Waals surface area contributed by atoms with Crippen LogP contribution in [0.4, 0.5) is 0 Å². The Hall–Kier alpha value is -0.610. The monoisotopic (exact) mass is 293 g/mol. The van der Waals surface area contributed by atoms with Gasteiger partial charge in [-0.15, -0.1) is 0 Å². The first kappa shape index (κ1) is 15.3. The van der Waals surface area contributed by atoms with Crippen LogP contribution in [0.1, 0.15) is 51.9 Å². The average Bonchev–Trinajstić information content (AvgIpc) is 3.14. The van der Waals surface area contributed by atoms with Crippen molar-refractivity contribution in [2.45, 2.75) is 70.0 Å². The van der Waals surface area contributed by atoms with Crippen LogP contribution in [0.2, 0.25) is 0 Å². The van der Waals surface area contributed by atoms with Gasteiger partial charge >= 0.3 is 0 Å². The van der Waals surface area contributed by atoms with Gasteiger partial charge in [-0.1, -0.05) is 13.3 Å². The summed E-state index contributed by atoms with van der Waals surface area (Å²) in [6.45, 7) is 6.50. The number of likely N-dealkylation sites (N-methyl/N-ethyl adjacent to an activating group) is 2. The minimum atomic E-state index is 0.163. The molecule has 0 aromatic rings. The Labute approximate surface area is 129 Å². The highest BCUT2D eigenvalue weighted by Gasteiger charge is 2.41. The highest BCUT2D eigenvalue weighted by atomic mass is 16.2. The highest BCUT2D eigenvalue weighted by molar-refractivity contribution is 5.82. The molecule has 0 radical (unpaired) electrons. The standard InChI is InChI=1S/C17H31N3O/c1-3-19-12-5-4-8-16(19)17(21)20-13-7-10-15(20)14-9-6-11-18(14)2/h14-16H,3-13H2,1-2H3/t14-,15+,16+/m0/s1. The molecule has 0 unspecified atom stereocenters. The molecule has 3 atom stereocenters. The zero-order chi connectivity index (χ0) is 14.8. The Balaban J connectivity index is 1.70. The Morgan fingerprint density at radius 2 is 1.71 bits per heavy atom. The number of piperidine rings is 1. The minimum Gasteiger partial charge on any atom is -0.337 e. The predicted octanol–water partition coefficient (Wildman–Crippen LogP) is 1.95. The lowest BCUT2D eigenvalue weighted by atomic mass is 9.98. The molecule has 0 aromatic heterocycles. The van der Waals surface area contributed by atoms with Crippen LogP contribution in [0.3, 0.4) is 0 Å². The Bertz CT molecular complexity index is 373. The van der Waals surface area contributed by atoms with Crippen LogP contribution in [0, 0.1) is 0 Å². The van der Waals surface area contributed by atoms with Gasteiger partial charge in [0.15, 0.2) is 0 Å². The fraction of sp³-hybridized carbons (Fsp3) is 0.941. The zero-order valence-corrected chi connectivity index (χ0v) is 13.8. The molecule has 0 bridgehead atoms. The number of hydrogen-bond acceptors (Lipinski definition) is 3. The van der Waals surface area contributed by atoms with Crippen LogP contribution in [0.25, 0.3) is 0 Å². The third-order valence-electron chi connectivity index (χ3n) is 5.91. The number of rotatable bonds is 3. The largest absolute Gasteiger partial charge is 0.337 e. The molecule has 4 heteroatoms. The quantitative estimate of drug-likeness (QED) is 0.796. The van der Waals surface area contributed by atoms with Gasteiger partial charge in [0.2, 0.25) is 5.91 Å². The van der Waals surface area contributed by atoms with Crippen molar-refractivity contribution in [1.82, 2.24) is 14.7 Å². The molecule has 0 spiro atoms. The molecule has 0 aromatic carbocycles. The average molecular weight is 293 g/mol. The number of amides is 1. The van der Waals surface area contributed by atoms with E-state index in [2.05, 4.69) is 28.7 Å². The van der Waals surface area contributed by atoms with Crippen LogP contribution in [0.15, 0.2) is 0 Å². The molecule has 4 nitrogen and oxygen atoms in total. The summed E-state index contributed by atoms with van der Waals surface area (Å²) in [5.74, 6) is 0.430. The van der Waals surface area contributed by atoms with E-state index in [-0.39, 0.29) is 6.04 Å². The van der Waals surface area contributed by atoms with Crippen molar-refractivity contribution < 1.29 is 4.79 Å². The third kappa shape index (κ3) is 2.98. The normalized spacial score (nSPS) is 35.5. The van der Waals surface area contributed by atoms with Crippen LogP contribution in [-0.4, -0.2) is 72.0 Å². The van der Waals surface area contributed by atoms with E-state index < -0.39 is 0 Å². The molecule has 3 rings (SSSR count). The van der Waals surface area contributed by atoms with Gasteiger partial charge in [0.1, 0.15) is 0 Å². The van der Waals surface area contributed by atoms with E-state index in [1.165, 1.54) is 45.1 Å². The Kier molecular flexibility index (Phi) is 4.85. The van der Waals surface area contributed by atoms with Gasteiger partial charge in [-0.3, -0.25) is 9.69 Å². The lowest BCUT2D eigenvalue weighted by molar-refractivity contribution is -0.140. The molecular weight excluding hydrogens is 262 g/mol. The summed E-state index contributed by atoms with van der Waals surface area (Å²) in [7, 11) is 2.23. The second kappa shape index (κ2) is 6.66. The SMILES string of the molecule is CCN1CCCC[C@@H]1C(=O)N1CCC[C@@H]1[C@@H]1CCCN1C. The Morgan fingerprint density at radius 1 is 0.952 bits per heavy atom. The molecule has 120 valence electrons. The van der Waals surface area contributed by atoms with Crippen LogP contribution < -0.4 is 0 Å². The molecule has 3 aliphatic rings. The van der Waals surface area contributed by atoms with Gasteiger partial charge in [-0.05, 0) is 65.2 Å². The van der Waals surface area contributed by atoms with Gasteiger partial charge in [0.25, 0.3) is 0 Å². The van der Waals surface area contributed by atoms with E-state index in [0.717, 1.165) is 26.1 Å². The summed E-state index contributed by atoms with van der Waals surface area (Å²) >= 11 is 0. The molecule has 0 aliphatic carbocycles. The lowest BCUT2D eigenvalue weighted by Gasteiger charge is -2.40. The summed E-state index contributed by atoms with van der Waals surface area (Å²) in [5, 5.41) is 0. The molecule has 3 aliphatic heterocycles. The van der Waals surface area contributed by atoms with Gasteiger partial charge < -0.3 is 9.80 Å². The first-order chi connectivity index (χ1) is 10.2. The van der Waals surface area contributed by atoms with E-state index in [9.17, 15) is 4.79 Å². The topological polar surface area (TPSA) is 26.8 Å². The van der Waals surface area contributed by atoms with E-state index in [0.29, 0.717) is 18.0 Å². The fourth-order valence-corrected chi connectivity index (χ4v) is 4.73. The summed E-state index contributed by atoms with van der Waals surface area (Å²) in [5.41, 5.74) is 0. The molecule has 21 heavy (non-hydrogen) atoms. The molecule has 0 saturated carbocycles. The van der Waals surface area contributed by atoms with Crippen LogP contribution in [0.5, 0.6) is 0 Å². The van der Waals surface area contributed by atoms with E-state index in [1.807, 2.05) is 0 Å². The maximum atomic E-state index is 13.1. The highest BCUT2D eigenvalue weighted by Crippen LogP contribution is 2.31. The Morgan fingerprint density at radius 3 is 2.43 bits per heavy atom. The summed E-state index contributed by atoms with van der Waals surface area (Å²) in [4.78, 5) is 20.2. The van der Waals surface area contributed by atoms with Crippen molar-refractivity contribution in [2.75, 3.05) is 33.2 Å². The predicted molar refractivity (Wildman–Crippen MR) is 85.3 cm³/mol. The number of carbonyl (C=O) groups excluding carboxylic acids is 1. The van der Waals surface area contributed by atoms with Crippen molar-refractivity contribution in [3.8, 4) is 0 Å².